The molecule has 0 aliphatic carbocycles. The molecule has 2 rings (SSSR count). The first-order valence-corrected chi connectivity index (χ1v) is 20.4. The van der Waals surface area contributed by atoms with Gasteiger partial charge in [0.2, 0.25) is 53.2 Å². The smallest absolute Gasteiger partial charge is 0.322 e. The van der Waals surface area contributed by atoms with Crippen LogP contribution in [-0.4, -0.2) is 159 Å². The number of nitrogens with one attached hydrogen (secondary N) is 5. The monoisotopic (exact) mass is 842 g/mol. The lowest BCUT2D eigenvalue weighted by atomic mass is 10.0. The molecule has 0 aromatic carbocycles. The molecule has 0 radical (unpaired) electrons. The Morgan fingerprint density at radius 3 is 1.81 bits per heavy atom. The van der Waals surface area contributed by atoms with Crippen LogP contribution < -0.4 is 43.8 Å². The highest BCUT2D eigenvalue weighted by Gasteiger charge is 2.43. The molecule has 22 nitrogen and oxygen atoms in total. The Kier molecular flexibility index (Phi) is 19.8. The number of primary amides is 2. The first-order valence-electron chi connectivity index (χ1n) is 19.0. The summed E-state index contributed by atoms with van der Waals surface area (Å²) in [5.41, 5.74) is 16.4. The summed E-state index contributed by atoms with van der Waals surface area (Å²) in [6, 6.07) is -8.92. The number of hydrogen-bond acceptors (Lipinski definition) is 13. The summed E-state index contributed by atoms with van der Waals surface area (Å²) in [4.78, 5) is 130. The van der Waals surface area contributed by atoms with E-state index in [1.54, 1.807) is 20.1 Å². The molecular weight excluding hydrogens is 785 g/mol. The van der Waals surface area contributed by atoms with Gasteiger partial charge in [-0.2, -0.15) is 11.8 Å². The van der Waals surface area contributed by atoms with Crippen LogP contribution in [0.15, 0.2) is 0 Å². The molecule has 2 fully saturated rings. The number of likely N-dealkylation sites (tertiary alicyclic amines) is 2. The maximum Gasteiger partial charge on any atom is 0.322 e. The number of rotatable bonds is 23. The molecule has 0 spiro atoms. The third-order valence-corrected chi connectivity index (χ3v) is 10.3. The quantitative estimate of drug-likeness (QED) is 0.0463. The Morgan fingerprint density at radius 2 is 1.29 bits per heavy atom. The minimum absolute atomic E-state index is 0.0577. The van der Waals surface area contributed by atoms with Crippen molar-refractivity contribution in [2.75, 3.05) is 31.6 Å². The van der Waals surface area contributed by atoms with Gasteiger partial charge in [0.15, 0.2) is 0 Å². The summed E-state index contributed by atoms with van der Waals surface area (Å²) >= 11 is 1.39. The Morgan fingerprint density at radius 1 is 0.724 bits per heavy atom. The van der Waals surface area contributed by atoms with E-state index in [1.165, 1.54) is 23.6 Å². The van der Waals surface area contributed by atoms with Gasteiger partial charge >= 0.3 is 5.97 Å². The number of nitrogens with zero attached hydrogens (tertiary/aromatic N) is 2. The van der Waals surface area contributed by atoms with E-state index >= 15 is 0 Å². The number of thioether (sulfide) groups is 1. The Balaban J connectivity index is 2.22. The number of amides is 9. The number of carbonyl (C=O) groups excluding carboxylic acids is 9. The zero-order chi connectivity index (χ0) is 43.9. The van der Waals surface area contributed by atoms with Crippen molar-refractivity contribution in [1.82, 2.24) is 36.4 Å². The van der Waals surface area contributed by atoms with Crippen LogP contribution >= 0.6 is 11.8 Å². The zero-order valence-electron chi connectivity index (χ0n) is 33.2. The fourth-order valence-corrected chi connectivity index (χ4v) is 7.04. The maximum absolute atomic E-state index is 13.9. The molecular formula is C35H58N10O12S. The number of hydrogen-bond donors (Lipinski definition) is 10. The molecule has 8 atom stereocenters. The molecule has 23 heteroatoms. The molecule has 0 unspecified atom stereocenters. The maximum atomic E-state index is 13.9. The second-order valence-corrected chi connectivity index (χ2v) is 15.6. The van der Waals surface area contributed by atoms with Gasteiger partial charge < -0.3 is 63.8 Å². The van der Waals surface area contributed by atoms with Gasteiger partial charge in [-0.25, -0.2) is 0 Å². The van der Waals surface area contributed by atoms with Gasteiger partial charge in [0, 0.05) is 19.5 Å². The van der Waals surface area contributed by atoms with Crippen LogP contribution in [0.25, 0.3) is 0 Å². The zero-order valence-corrected chi connectivity index (χ0v) is 34.0. The fourth-order valence-electron chi connectivity index (χ4n) is 6.57. The van der Waals surface area contributed by atoms with Crippen molar-refractivity contribution < 1.29 is 58.2 Å². The molecule has 2 saturated heterocycles. The Labute approximate surface area is 340 Å². The van der Waals surface area contributed by atoms with E-state index in [-0.39, 0.29) is 45.2 Å². The van der Waals surface area contributed by atoms with Gasteiger partial charge in [0.1, 0.15) is 42.8 Å². The number of aliphatic hydroxyl groups is 1. The van der Waals surface area contributed by atoms with Crippen LogP contribution in [0, 0.1) is 5.92 Å². The van der Waals surface area contributed by atoms with Crippen LogP contribution in [0.2, 0.25) is 0 Å². The standard InChI is InChI=1S/C35H58N10O12S/c1-17(2)27(33(55)41-21(15-25(38)48)34(56)44-12-5-7-22(44)31(53)39-16-26(49)50)42-32(54)23-8-6-13-45(23)35(57)28(18(3)46)43-30(52)20(11-14-58-4)40-29(51)19(36)9-10-24(37)47/h17-23,27-28,46H,5-16,36H2,1-4H3,(H2,37,47)(H2,38,48)(H,39,53)(H,40,51)(H,41,55)(H,42,54)(H,43,52)(H,49,50)/t18-,19+,20+,21+,22+,23+,27+,28+/m1/s1. The van der Waals surface area contributed by atoms with Gasteiger partial charge in [-0.15, -0.1) is 0 Å². The van der Waals surface area contributed by atoms with E-state index in [0.29, 0.717) is 18.6 Å². The lowest BCUT2D eigenvalue weighted by molar-refractivity contribution is -0.145. The molecule has 58 heavy (non-hydrogen) atoms. The normalized spacial score (nSPS) is 19.5. The Hall–Kier alpha value is -5.03. The molecule has 9 amide bonds. The van der Waals surface area contributed by atoms with E-state index < -0.39 is 126 Å². The average molecular weight is 843 g/mol. The summed E-state index contributed by atoms with van der Waals surface area (Å²) in [6.07, 6.45) is 0.687. The number of carboxylic acids is 1. The summed E-state index contributed by atoms with van der Waals surface area (Å²) in [6.45, 7) is 3.93. The van der Waals surface area contributed by atoms with E-state index in [2.05, 4.69) is 26.6 Å². The Bertz CT molecular complexity index is 1550. The van der Waals surface area contributed by atoms with E-state index in [9.17, 15) is 53.1 Å². The summed E-state index contributed by atoms with van der Waals surface area (Å²) in [5.74, 6) is -8.57. The predicted molar refractivity (Wildman–Crippen MR) is 208 cm³/mol. The van der Waals surface area contributed by atoms with Crippen molar-refractivity contribution in [3.05, 3.63) is 0 Å². The highest BCUT2D eigenvalue weighted by molar-refractivity contribution is 7.98. The second kappa shape index (κ2) is 23.4. The molecule has 0 bridgehead atoms. The summed E-state index contributed by atoms with van der Waals surface area (Å²) in [7, 11) is 0. The first-order chi connectivity index (χ1) is 27.2. The van der Waals surface area contributed by atoms with Crippen molar-refractivity contribution in [3.63, 3.8) is 0 Å². The molecule has 0 aromatic rings. The van der Waals surface area contributed by atoms with Gasteiger partial charge in [0.25, 0.3) is 0 Å². The topological polar surface area (TPSA) is 356 Å². The van der Waals surface area contributed by atoms with Crippen molar-refractivity contribution in [2.24, 2.45) is 23.1 Å². The average Bonchev–Trinajstić information content (AvgIpc) is 3.85. The minimum atomic E-state index is -1.55. The number of nitrogens with two attached hydrogens (primary N) is 3. The van der Waals surface area contributed by atoms with Crippen LogP contribution in [0.5, 0.6) is 0 Å². The van der Waals surface area contributed by atoms with Crippen molar-refractivity contribution >= 4 is 70.9 Å². The van der Waals surface area contributed by atoms with E-state index in [1.807, 2.05) is 0 Å². The third kappa shape index (κ3) is 14.7. The molecule has 2 aliphatic rings. The summed E-state index contributed by atoms with van der Waals surface area (Å²) in [5, 5.41) is 31.9. The van der Waals surface area contributed by atoms with Crippen LogP contribution in [0.4, 0.5) is 0 Å². The number of carboxylic acid groups (broad SMARTS) is 1. The first kappa shape index (κ1) is 49.1. The van der Waals surface area contributed by atoms with E-state index in [0.717, 1.165) is 4.90 Å². The molecule has 2 heterocycles. The molecule has 326 valence electrons. The van der Waals surface area contributed by atoms with Crippen molar-refractivity contribution in [3.8, 4) is 0 Å². The molecule has 2 aliphatic heterocycles. The second-order valence-electron chi connectivity index (χ2n) is 14.6. The van der Waals surface area contributed by atoms with Gasteiger partial charge in [-0.3, -0.25) is 47.9 Å². The van der Waals surface area contributed by atoms with Crippen molar-refractivity contribution in [1.29, 1.82) is 0 Å². The SMILES string of the molecule is CSCC[C@H](NC(=O)[C@@H](N)CCC(N)=O)C(=O)N[C@H](C(=O)N1CCC[C@H]1C(=O)N[C@H](C(=O)N[C@@H](CC(N)=O)C(=O)N1CCC[C@H]1C(=O)NCC(=O)O)C(C)C)[C@@H](C)O. The summed E-state index contributed by atoms with van der Waals surface area (Å²) < 4.78 is 0. The van der Waals surface area contributed by atoms with Crippen LogP contribution in [0.3, 0.4) is 0 Å². The minimum Gasteiger partial charge on any atom is -0.480 e. The fraction of sp³-hybridized carbons (Fsp3) is 0.714. The van der Waals surface area contributed by atoms with E-state index in [4.69, 9.17) is 22.3 Å². The lowest BCUT2D eigenvalue weighted by Crippen LogP contribution is -2.62. The lowest BCUT2D eigenvalue weighted by Gasteiger charge is -2.33. The van der Waals surface area contributed by atoms with Gasteiger partial charge in [-0.05, 0) is 63.4 Å². The van der Waals surface area contributed by atoms with Crippen molar-refractivity contribution in [2.45, 2.75) is 121 Å². The molecule has 0 aromatic heterocycles. The van der Waals surface area contributed by atoms with Crippen LogP contribution in [-0.2, 0) is 47.9 Å². The predicted octanol–water partition coefficient (Wildman–Crippen LogP) is -4.63. The number of aliphatic hydroxyl groups excluding tert-OH is 1. The molecule has 0 saturated carbocycles. The highest BCUT2D eigenvalue weighted by Crippen LogP contribution is 2.22. The molecule has 13 N–H and O–H groups in total. The van der Waals surface area contributed by atoms with Gasteiger partial charge in [0.05, 0.1) is 18.6 Å². The number of carbonyl (C=O) groups is 10. The third-order valence-electron chi connectivity index (χ3n) is 9.69. The largest absolute Gasteiger partial charge is 0.480 e. The number of aliphatic carboxylic acids is 1. The van der Waals surface area contributed by atoms with Crippen LogP contribution in [0.1, 0.15) is 72.1 Å². The highest BCUT2D eigenvalue weighted by atomic mass is 32.2. The van der Waals surface area contributed by atoms with Gasteiger partial charge in [-0.1, -0.05) is 13.8 Å².